The lowest BCUT2D eigenvalue weighted by molar-refractivity contribution is 0.0692. The van der Waals surface area contributed by atoms with E-state index in [0.717, 1.165) is 12.1 Å². The lowest BCUT2D eigenvalue weighted by Crippen LogP contribution is -2.20. The van der Waals surface area contributed by atoms with Gasteiger partial charge in [0, 0.05) is 16.4 Å². The lowest BCUT2D eigenvalue weighted by atomic mass is 10.3. The molecule has 0 radical (unpaired) electrons. The van der Waals surface area contributed by atoms with E-state index in [0.29, 0.717) is 5.69 Å². The number of carbonyl (C=O) groups is 2. The number of carbonyl (C=O) groups excluding carboxylic acids is 1. The number of hydrogen-bond donors (Lipinski definition) is 4. The van der Waals surface area contributed by atoms with E-state index in [1.807, 2.05) is 0 Å². The molecule has 0 spiro atoms. The highest BCUT2D eigenvalue weighted by atomic mass is 35.5. The number of rotatable bonds is 3. The fourth-order valence-corrected chi connectivity index (χ4v) is 1.99. The van der Waals surface area contributed by atoms with E-state index in [4.69, 9.17) is 16.7 Å². The van der Waals surface area contributed by atoms with Crippen LogP contribution in [0.1, 0.15) is 16.2 Å². The molecule has 4 N–H and O–H groups in total. The first kappa shape index (κ1) is 14.9. The van der Waals surface area contributed by atoms with E-state index in [1.165, 1.54) is 12.1 Å². The molecule has 2 aromatic rings. The molecule has 1 aromatic carbocycles. The molecule has 2 amide bonds. The molecule has 0 saturated carbocycles. The van der Waals surface area contributed by atoms with Crippen molar-refractivity contribution in [2.75, 3.05) is 10.6 Å². The summed E-state index contributed by atoms with van der Waals surface area (Å²) in [4.78, 5) is 25.4. The first-order valence-electron chi connectivity index (χ1n) is 5.82. The van der Waals surface area contributed by atoms with Crippen LogP contribution in [-0.2, 0) is 0 Å². The molecule has 6 nitrogen and oxygen atoms in total. The van der Waals surface area contributed by atoms with Crippen molar-refractivity contribution in [2.45, 2.75) is 6.92 Å². The largest absolute Gasteiger partial charge is 0.477 e. The summed E-state index contributed by atoms with van der Waals surface area (Å²) in [6.45, 7) is 1.65. The zero-order chi connectivity index (χ0) is 15.6. The molecule has 0 aliphatic carbocycles. The van der Waals surface area contributed by atoms with Gasteiger partial charge in [0.1, 0.15) is 11.5 Å². The topological polar surface area (TPSA) is 94.2 Å². The van der Waals surface area contributed by atoms with Gasteiger partial charge >= 0.3 is 12.0 Å². The Morgan fingerprint density at radius 3 is 2.57 bits per heavy atom. The van der Waals surface area contributed by atoms with Gasteiger partial charge in [0.15, 0.2) is 0 Å². The van der Waals surface area contributed by atoms with Crippen LogP contribution in [0, 0.1) is 12.7 Å². The van der Waals surface area contributed by atoms with Crippen LogP contribution in [0.25, 0.3) is 0 Å². The number of amides is 2. The normalized spacial score (nSPS) is 10.2. The van der Waals surface area contributed by atoms with Gasteiger partial charge < -0.3 is 20.7 Å². The SMILES string of the molecule is Cc1cc(NC(=O)Nc2cc(F)cc(Cl)c2)c(C(=O)O)[nH]1. The summed E-state index contributed by atoms with van der Waals surface area (Å²) in [7, 11) is 0. The molecule has 2 rings (SSSR count). The Hall–Kier alpha value is -2.54. The minimum atomic E-state index is -1.20. The van der Waals surface area contributed by atoms with Crippen LogP contribution in [0.2, 0.25) is 5.02 Å². The average molecular weight is 312 g/mol. The van der Waals surface area contributed by atoms with Crippen molar-refractivity contribution in [1.29, 1.82) is 0 Å². The standard InChI is InChI=1S/C13H11ClFN3O3/c1-6-2-10(11(16-6)12(19)20)18-13(21)17-9-4-7(14)3-8(15)5-9/h2-5,16H,1H3,(H,19,20)(H2,17,18,21). The van der Waals surface area contributed by atoms with Crippen LogP contribution in [0.4, 0.5) is 20.6 Å². The van der Waals surface area contributed by atoms with Crippen LogP contribution in [-0.4, -0.2) is 22.1 Å². The number of benzene rings is 1. The second kappa shape index (κ2) is 5.84. The molecule has 0 fully saturated rings. The van der Waals surface area contributed by atoms with E-state index in [1.54, 1.807) is 6.92 Å². The molecular formula is C13H11ClFN3O3. The summed E-state index contributed by atoms with van der Waals surface area (Å²) in [5.74, 6) is -1.80. The number of aryl methyl sites for hydroxylation is 1. The summed E-state index contributed by atoms with van der Waals surface area (Å²) >= 11 is 5.67. The molecule has 0 atom stereocenters. The number of aromatic carboxylic acids is 1. The van der Waals surface area contributed by atoms with Crippen molar-refractivity contribution in [3.8, 4) is 0 Å². The molecule has 0 bridgehead atoms. The minimum absolute atomic E-state index is 0.111. The number of nitrogens with one attached hydrogen (secondary N) is 3. The summed E-state index contributed by atoms with van der Waals surface area (Å²) < 4.78 is 13.1. The second-order valence-corrected chi connectivity index (χ2v) is 4.72. The molecule has 8 heteroatoms. The Balaban J connectivity index is 2.13. The van der Waals surface area contributed by atoms with Crippen LogP contribution in [0.3, 0.4) is 0 Å². The number of aromatic amines is 1. The average Bonchev–Trinajstić information content (AvgIpc) is 2.68. The third kappa shape index (κ3) is 3.73. The summed E-state index contributed by atoms with van der Waals surface area (Å²) in [6, 6.07) is 4.32. The number of anilines is 2. The number of halogens is 2. The monoisotopic (exact) mass is 311 g/mol. The molecule has 0 unspecified atom stereocenters. The predicted octanol–water partition coefficient (Wildman–Crippen LogP) is 3.46. The molecule has 21 heavy (non-hydrogen) atoms. The Bertz CT molecular complexity index is 694. The summed E-state index contributed by atoms with van der Waals surface area (Å²) in [6.07, 6.45) is 0. The quantitative estimate of drug-likeness (QED) is 0.699. The van der Waals surface area contributed by atoms with Gasteiger partial charge in [0.2, 0.25) is 0 Å². The summed E-state index contributed by atoms with van der Waals surface area (Å²) in [5, 5.41) is 13.9. The molecule has 1 heterocycles. The number of urea groups is 1. The first-order chi connectivity index (χ1) is 9.85. The van der Waals surface area contributed by atoms with Gasteiger partial charge in [0.05, 0.1) is 5.69 Å². The van der Waals surface area contributed by atoms with Gasteiger partial charge in [-0.3, -0.25) is 0 Å². The van der Waals surface area contributed by atoms with Gasteiger partial charge in [-0.05, 0) is 31.2 Å². The van der Waals surface area contributed by atoms with Gasteiger partial charge in [0.25, 0.3) is 0 Å². The molecular weight excluding hydrogens is 301 g/mol. The van der Waals surface area contributed by atoms with Crippen molar-refractivity contribution < 1.29 is 19.1 Å². The molecule has 1 aromatic heterocycles. The fourth-order valence-electron chi connectivity index (χ4n) is 1.77. The van der Waals surface area contributed by atoms with Crippen LogP contribution >= 0.6 is 11.6 Å². The molecule has 0 aliphatic heterocycles. The third-order valence-electron chi connectivity index (χ3n) is 2.53. The van der Waals surface area contributed by atoms with Crippen molar-refractivity contribution in [3.63, 3.8) is 0 Å². The Kier molecular flexibility index (Phi) is 4.13. The van der Waals surface area contributed by atoms with E-state index >= 15 is 0 Å². The van der Waals surface area contributed by atoms with Crippen LogP contribution in [0.5, 0.6) is 0 Å². The van der Waals surface area contributed by atoms with Crippen molar-refractivity contribution in [3.05, 3.63) is 46.5 Å². The van der Waals surface area contributed by atoms with E-state index < -0.39 is 17.8 Å². The zero-order valence-electron chi connectivity index (χ0n) is 10.8. The maximum absolute atomic E-state index is 13.1. The number of aromatic nitrogens is 1. The molecule has 0 aliphatic rings. The van der Waals surface area contributed by atoms with Crippen molar-refractivity contribution >= 4 is 35.0 Å². The van der Waals surface area contributed by atoms with E-state index in [-0.39, 0.29) is 22.1 Å². The van der Waals surface area contributed by atoms with Gasteiger partial charge in [-0.25, -0.2) is 14.0 Å². The first-order valence-corrected chi connectivity index (χ1v) is 6.20. The van der Waals surface area contributed by atoms with Crippen molar-refractivity contribution in [2.24, 2.45) is 0 Å². The van der Waals surface area contributed by atoms with E-state index in [2.05, 4.69) is 15.6 Å². The number of H-pyrrole nitrogens is 1. The highest BCUT2D eigenvalue weighted by Crippen LogP contribution is 2.20. The van der Waals surface area contributed by atoms with Gasteiger partial charge in [-0.15, -0.1) is 0 Å². The smallest absolute Gasteiger partial charge is 0.354 e. The number of carboxylic acids is 1. The highest BCUT2D eigenvalue weighted by Gasteiger charge is 2.15. The molecule has 0 saturated heterocycles. The lowest BCUT2D eigenvalue weighted by Gasteiger charge is -2.07. The van der Waals surface area contributed by atoms with E-state index in [9.17, 15) is 14.0 Å². The Morgan fingerprint density at radius 1 is 1.24 bits per heavy atom. The Morgan fingerprint density at radius 2 is 1.95 bits per heavy atom. The van der Waals surface area contributed by atoms with Gasteiger partial charge in [-0.2, -0.15) is 0 Å². The zero-order valence-corrected chi connectivity index (χ0v) is 11.6. The Labute approximate surface area is 123 Å². The second-order valence-electron chi connectivity index (χ2n) is 4.28. The number of carboxylic acid groups (broad SMARTS) is 1. The summed E-state index contributed by atoms with van der Waals surface area (Å²) in [5.41, 5.74) is 0.707. The highest BCUT2D eigenvalue weighted by molar-refractivity contribution is 6.31. The molecule has 110 valence electrons. The maximum Gasteiger partial charge on any atom is 0.354 e. The number of hydrogen-bond acceptors (Lipinski definition) is 2. The predicted molar refractivity (Wildman–Crippen MR) is 76.5 cm³/mol. The third-order valence-corrected chi connectivity index (χ3v) is 2.75. The van der Waals surface area contributed by atoms with Crippen molar-refractivity contribution in [1.82, 2.24) is 4.98 Å². The van der Waals surface area contributed by atoms with Gasteiger partial charge in [-0.1, -0.05) is 11.6 Å². The van der Waals surface area contributed by atoms with Crippen LogP contribution < -0.4 is 10.6 Å². The maximum atomic E-state index is 13.1. The van der Waals surface area contributed by atoms with Crippen LogP contribution in [0.15, 0.2) is 24.3 Å². The minimum Gasteiger partial charge on any atom is -0.477 e. The fraction of sp³-hybridized carbons (Fsp3) is 0.0769.